The molecule has 1 aliphatic heterocycles. The molecule has 2 aliphatic rings. The van der Waals surface area contributed by atoms with Crippen LogP contribution in [0.15, 0.2) is 6.20 Å². The highest BCUT2D eigenvalue weighted by Gasteiger charge is 2.52. The smallest absolute Gasteiger partial charge is 0.359 e. The van der Waals surface area contributed by atoms with E-state index in [1.54, 1.807) is 0 Å². The van der Waals surface area contributed by atoms with E-state index in [-0.39, 0.29) is 17.3 Å². The van der Waals surface area contributed by atoms with E-state index in [1.807, 2.05) is 0 Å². The van der Waals surface area contributed by atoms with E-state index in [4.69, 9.17) is 9.47 Å². The molecule has 3 aromatic rings. The molecule has 8 N–H and O–H groups in total. The Balaban J connectivity index is 1.36. The van der Waals surface area contributed by atoms with E-state index in [9.17, 15) is 34.8 Å². The SMILES string of the molecule is O=P(O)(O)[C@@](CO)(Cc1nn[nH]n1)OC[C@H]1O[C@@H](n2ncc3c(NCC4CCC4)nc(CO)nc32)[C@H](O)[C@@H]1O. The average Bonchev–Trinajstić information content (AvgIpc) is 3.61. The summed E-state index contributed by atoms with van der Waals surface area (Å²) in [7, 11) is -5.12. The van der Waals surface area contributed by atoms with Crippen molar-refractivity contribution in [2.75, 3.05) is 25.1 Å². The lowest BCUT2D eigenvalue weighted by molar-refractivity contribution is -0.109. The van der Waals surface area contributed by atoms with Gasteiger partial charge in [0.25, 0.3) is 0 Å². The van der Waals surface area contributed by atoms with Crippen molar-refractivity contribution >= 4 is 24.4 Å². The van der Waals surface area contributed by atoms with Crippen LogP contribution in [0.5, 0.6) is 0 Å². The molecule has 0 unspecified atom stereocenters. The van der Waals surface area contributed by atoms with Gasteiger partial charge in [0.15, 0.2) is 28.9 Å². The second-order valence-corrected chi connectivity index (χ2v) is 11.6. The molecule has 4 heterocycles. The summed E-state index contributed by atoms with van der Waals surface area (Å²) < 4.78 is 24.8. The molecule has 19 heteroatoms. The number of ether oxygens (including phenoxy) is 2. The number of anilines is 1. The van der Waals surface area contributed by atoms with Gasteiger partial charge in [-0.15, -0.1) is 10.2 Å². The lowest BCUT2D eigenvalue weighted by atomic mass is 9.85. The van der Waals surface area contributed by atoms with Crippen molar-refractivity contribution in [2.45, 2.75) is 62.2 Å². The van der Waals surface area contributed by atoms with E-state index in [2.05, 4.69) is 41.0 Å². The first kappa shape index (κ1) is 27.9. The van der Waals surface area contributed by atoms with Gasteiger partial charge in [-0.05, 0) is 18.8 Å². The topological polar surface area (TPSA) is 267 Å². The minimum absolute atomic E-state index is 0.115. The fourth-order valence-electron chi connectivity index (χ4n) is 4.54. The highest BCUT2D eigenvalue weighted by atomic mass is 31.2. The van der Waals surface area contributed by atoms with Gasteiger partial charge < -0.3 is 45.0 Å². The maximum atomic E-state index is 12.3. The molecule has 18 nitrogen and oxygen atoms in total. The third-order valence-electron chi connectivity index (χ3n) is 7.12. The van der Waals surface area contributed by atoms with E-state index in [0.29, 0.717) is 23.7 Å². The Morgan fingerprint density at radius 2 is 2.00 bits per heavy atom. The van der Waals surface area contributed by atoms with E-state index >= 15 is 0 Å². The first-order chi connectivity index (χ1) is 18.7. The maximum Gasteiger partial charge on any atom is 0.359 e. The number of aromatic amines is 1. The number of nitrogens with zero attached hydrogens (tertiary/aromatic N) is 7. The van der Waals surface area contributed by atoms with E-state index in [1.165, 1.54) is 17.3 Å². The first-order valence-electron chi connectivity index (χ1n) is 12.3. The lowest BCUT2D eigenvalue weighted by Gasteiger charge is -2.32. The molecule has 3 aromatic heterocycles. The zero-order valence-electron chi connectivity index (χ0n) is 20.6. The highest BCUT2D eigenvalue weighted by Crippen LogP contribution is 2.53. The Hall–Kier alpha value is -2.67. The van der Waals surface area contributed by atoms with Crippen LogP contribution in [0.1, 0.15) is 37.1 Å². The predicted molar refractivity (Wildman–Crippen MR) is 129 cm³/mol. The van der Waals surface area contributed by atoms with Crippen LogP contribution in [0.25, 0.3) is 11.0 Å². The average molecular weight is 571 g/mol. The summed E-state index contributed by atoms with van der Waals surface area (Å²) in [6.07, 6.45) is -1.33. The summed E-state index contributed by atoms with van der Waals surface area (Å²) in [5.74, 6) is 0.982. The molecular formula is C20H30N9O9P. The van der Waals surface area contributed by atoms with Crippen LogP contribution in [0.2, 0.25) is 0 Å². The van der Waals surface area contributed by atoms with Gasteiger partial charge >= 0.3 is 7.60 Å². The largest absolute Gasteiger partial charge is 0.393 e. The van der Waals surface area contributed by atoms with Crippen molar-refractivity contribution in [1.29, 1.82) is 0 Å². The van der Waals surface area contributed by atoms with Crippen LogP contribution in [-0.4, -0.2) is 114 Å². The van der Waals surface area contributed by atoms with Gasteiger partial charge in [0.05, 0.1) is 31.2 Å². The molecule has 0 aromatic carbocycles. The van der Waals surface area contributed by atoms with Gasteiger partial charge in [0.1, 0.15) is 30.7 Å². The molecule has 1 saturated heterocycles. The lowest BCUT2D eigenvalue weighted by Crippen LogP contribution is -2.43. The number of aliphatic hydroxyl groups is 4. The number of aliphatic hydroxyl groups excluding tert-OH is 4. The molecule has 0 radical (unpaired) electrons. The van der Waals surface area contributed by atoms with E-state index < -0.39 is 63.7 Å². The number of H-pyrrole nitrogens is 1. The third-order valence-corrected chi connectivity index (χ3v) is 8.61. The van der Waals surface area contributed by atoms with Crippen LogP contribution in [0, 0.1) is 5.92 Å². The van der Waals surface area contributed by atoms with Gasteiger partial charge in [-0.2, -0.15) is 10.3 Å². The van der Waals surface area contributed by atoms with Crippen molar-refractivity contribution in [1.82, 2.24) is 40.4 Å². The molecule has 0 bridgehead atoms. The molecule has 0 amide bonds. The van der Waals surface area contributed by atoms with Crippen molar-refractivity contribution in [2.24, 2.45) is 5.92 Å². The Morgan fingerprint density at radius 1 is 1.21 bits per heavy atom. The van der Waals surface area contributed by atoms with Gasteiger partial charge in [0, 0.05) is 6.54 Å². The molecule has 2 fully saturated rings. The number of fused-ring (bicyclic) bond motifs is 1. The standard InChI is InChI=1S/C20H30N9O9P/c30-7-14-23-17(21-5-10-2-1-3-10)11-6-22-29(18(11)24-14)19-16(33)15(32)12(38-19)8-37-20(9-31,39(34,35)36)4-13-25-27-28-26-13/h6,10,12,15-16,19,30-33H,1-5,7-9H2,(H,21,23,24)(H2,34,35,36)(H,25,26,27,28)/t12-,15-,16-,19-,20-/m1/s1. The fraction of sp³-hybridized carbons (Fsp3) is 0.700. The summed E-state index contributed by atoms with van der Waals surface area (Å²) in [6.45, 7) is -1.48. The predicted octanol–water partition coefficient (Wildman–Crippen LogP) is -2.21. The zero-order valence-corrected chi connectivity index (χ0v) is 21.5. The fourth-order valence-corrected chi connectivity index (χ4v) is 5.32. The van der Waals surface area contributed by atoms with Crippen LogP contribution >= 0.6 is 7.60 Å². The Labute approximate surface area is 220 Å². The van der Waals surface area contributed by atoms with Crippen molar-refractivity contribution in [3.05, 3.63) is 17.8 Å². The van der Waals surface area contributed by atoms with Crippen molar-refractivity contribution in [3.8, 4) is 0 Å². The number of hydrogen-bond acceptors (Lipinski definition) is 14. The molecule has 214 valence electrons. The van der Waals surface area contributed by atoms with Gasteiger partial charge in [-0.3, -0.25) is 4.57 Å². The number of tetrazole rings is 1. The second-order valence-electron chi connectivity index (χ2n) is 9.66. The highest BCUT2D eigenvalue weighted by molar-refractivity contribution is 7.53. The Bertz CT molecular complexity index is 1320. The monoisotopic (exact) mass is 571 g/mol. The van der Waals surface area contributed by atoms with Gasteiger partial charge in [0.2, 0.25) is 0 Å². The third kappa shape index (κ3) is 5.39. The van der Waals surface area contributed by atoms with Crippen LogP contribution in [-0.2, 0) is 27.1 Å². The summed E-state index contributed by atoms with van der Waals surface area (Å²) in [4.78, 5) is 28.5. The summed E-state index contributed by atoms with van der Waals surface area (Å²) in [6, 6.07) is 0. The number of rotatable bonds is 12. The summed E-state index contributed by atoms with van der Waals surface area (Å²) >= 11 is 0. The molecule has 39 heavy (non-hydrogen) atoms. The molecule has 5 atom stereocenters. The maximum absolute atomic E-state index is 12.3. The van der Waals surface area contributed by atoms with Crippen LogP contribution in [0.3, 0.4) is 0 Å². The molecule has 1 aliphatic carbocycles. The molecular weight excluding hydrogens is 541 g/mol. The summed E-state index contributed by atoms with van der Waals surface area (Å²) in [5.41, 5.74) is 0.236. The van der Waals surface area contributed by atoms with Crippen molar-refractivity contribution in [3.63, 3.8) is 0 Å². The van der Waals surface area contributed by atoms with E-state index in [0.717, 1.165) is 12.8 Å². The summed E-state index contributed by atoms with van der Waals surface area (Å²) in [5, 5.41) is 59.4. The number of aromatic nitrogens is 8. The minimum atomic E-state index is -5.12. The molecule has 0 spiro atoms. The normalized spacial score (nSPS) is 25.6. The minimum Gasteiger partial charge on any atom is -0.393 e. The Morgan fingerprint density at radius 3 is 2.62 bits per heavy atom. The van der Waals surface area contributed by atoms with Gasteiger partial charge in [-0.25, -0.2) is 14.6 Å². The molecule has 5 rings (SSSR count). The molecule has 1 saturated carbocycles. The quantitative estimate of drug-likeness (QED) is 0.107. The van der Waals surface area contributed by atoms with Gasteiger partial charge in [-0.1, -0.05) is 11.6 Å². The Kier molecular flexibility index (Phi) is 7.91. The number of hydrogen-bond donors (Lipinski definition) is 8. The number of nitrogens with one attached hydrogen (secondary N) is 2. The van der Waals surface area contributed by atoms with Crippen LogP contribution in [0.4, 0.5) is 5.82 Å². The first-order valence-corrected chi connectivity index (χ1v) is 13.9. The van der Waals surface area contributed by atoms with Crippen LogP contribution < -0.4 is 5.32 Å². The zero-order chi connectivity index (χ0) is 27.8. The van der Waals surface area contributed by atoms with Crippen molar-refractivity contribution < 1.29 is 44.3 Å². The second kappa shape index (κ2) is 11.1.